The Labute approximate surface area is 113 Å². The van der Waals surface area contributed by atoms with Crippen molar-refractivity contribution in [2.45, 2.75) is 18.9 Å². The first-order valence-electron chi connectivity index (χ1n) is 6.71. The minimum Gasteiger partial charge on any atom is -0.380 e. The van der Waals surface area contributed by atoms with Crippen molar-refractivity contribution in [2.24, 2.45) is 0 Å². The van der Waals surface area contributed by atoms with Gasteiger partial charge in [-0.25, -0.2) is 0 Å². The summed E-state index contributed by atoms with van der Waals surface area (Å²) in [5, 5.41) is 11.9. The van der Waals surface area contributed by atoms with Crippen molar-refractivity contribution in [2.75, 3.05) is 25.0 Å². The summed E-state index contributed by atoms with van der Waals surface area (Å²) in [6, 6.07) is 6.75. The smallest absolute Gasteiger partial charge is 0.0881 e. The first kappa shape index (κ1) is 12.1. The first-order valence-corrected chi connectivity index (χ1v) is 6.71. The molecule has 4 heteroatoms. The summed E-state index contributed by atoms with van der Waals surface area (Å²) in [6.45, 7) is 2.91. The van der Waals surface area contributed by atoms with E-state index in [-0.39, 0.29) is 0 Å². The lowest BCUT2D eigenvalue weighted by molar-refractivity contribution is 0.243. The number of hydrogen-bond acceptors (Lipinski definition) is 3. The predicted octanol–water partition coefficient (Wildman–Crippen LogP) is 2.07. The number of fused-ring (bicyclic) bond motifs is 1. The van der Waals surface area contributed by atoms with E-state index < -0.39 is 0 Å². The summed E-state index contributed by atoms with van der Waals surface area (Å²) in [7, 11) is 0. The van der Waals surface area contributed by atoms with E-state index in [1.165, 1.54) is 0 Å². The van der Waals surface area contributed by atoms with E-state index >= 15 is 0 Å². The number of H-pyrrole nitrogens is 1. The van der Waals surface area contributed by atoms with Crippen LogP contribution in [-0.2, 0) is 0 Å². The van der Waals surface area contributed by atoms with Crippen LogP contribution in [-0.4, -0.2) is 40.8 Å². The van der Waals surface area contributed by atoms with Crippen molar-refractivity contribution < 1.29 is 0 Å². The van der Waals surface area contributed by atoms with Gasteiger partial charge in [-0.15, -0.1) is 6.42 Å². The van der Waals surface area contributed by atoms with Gasteiger partial charge in [0.2, 0.25) is 0 Å². The molecule has 1 saturated heterocycles. The monoisotopic (exact) mass is 254 g/mol. The Balaban J connectivity index is 1.67. The fourth-order valence-electron chi connectivity index (χ4n) is 2.67. The summed E-state index contributed by atoms with van der Waals surface area (Å²) in [4.78, 5) is 2.33. The Morgan fingerprint density at radius 2 is 2.26 bits per heavy atom. The lowest BCUT2D eigenvalue weighted by Gasteiger charge is -2.31. The fraction of sp³-hybridized carbons (Fsp3) is 0.400. The van der Waals surface area contributed by atoms with E-state index in [0.29, 0.717) is 6.04 Å². The maximum atomic E-state index is 5.35. The topological polar surface area (TPSA) is 44.0 Å². The lowest BCUT2D eigenvalue weighted by atomic mass is 10.0. The Morgan fingerprint density at radius 1 is 1.42 bits per heavy atom. The molecule has 0 spiro atoms. The van der Waals surface area contributed by atoms with Crippen LogP contribution in [0.5, 0.6) is 0 Å². The van der Waals surface area contributed by atoms with Crippen molar-refractivity contribution in [3.8, 4) is 12.3 Å². The number of nitrogens with zero attached hydrogens (tertiary/aromatic N) is 2. The molecule has 0 amide bonds. The van der Waals surface area contributed by atoms with Gasteiger partial charge in [-0.1, -0.05) is 18.1 Å². The van der Waals surface area contributed by atoms with Gasteiger partial charge in [0.05, 0.1) is 23.9 Å². The maximum absolute atomic E-state index is 5.35. The maximum Gasteiger partial charge on any atom is 0.0881 e. The minimum absolute atomic E-state index is 0.517. The molecule has 0 saturated carbocycles. The molecule has 1 aliphatic rings. The molecule has 0 unspecified atom stereocenters. The van der Waals surface area contributed by atoms with E-state index in [0.717, 1.165) is 49.1 Å². The number of terminal acetylenes is 1. The van der Waals surface area contributed by atoms with Gasteiger partial charge >= 0.3 is 0 Å². The van der Waals surface area contributed by atoms with Crippen LogP contribution in [0.2, 0.25) is 0 Å². The molecule has 1 aliphatic heterocycles. The standard InChI is InChI=1S/C15H18N4/c1-2-8-19-9-6-13(7-10-19)17-14-5-3-4-12-11-16-18-15(12)14/h1,3-5,11,13,17H,6-10H2,(H,16,18). The first-order chi connectivity index (χ1) is 9.36. The number of aromatic amines is 1. The highest BCUT2D eigenvalue weighted by Crippen LogP contribution is 2.23. The largest absolute Gasteiger partial charge is 0.380 e. The molecular formula is C15H18N4. The summed E-state index contributed by atoms with van der Waals surface area (Å²) >= 11 is 0. The second-order valence-corrected chi connectivity index (χ2v) is 5.04. The van der Waals surface area contributed by atoms with Crippen LogP contribution >= 0.6 is 0 Å². The quantitative estimate of drug-likeness (QED) is 0.824. The zero-order valence-corrected chi connectivity index (χ0v) is 10.9. The van der Waals surface area contributed by atoms with E-state index in [1.54, 1.807) is 0 Å². The Kier molecular flexibility index (Phi) is 3.39. The van der Waals surface area contributed by atoms with Gasteiger partial charge in [0.15, 0.2) is 0 Å². The molecule has 0 bridgehead atoms. The third-order valence-corrected chi connectivity index (χ3v) is 3.74. The Morgan fingerprint density at radius 3 is 3.05 bits per heavy atom. The lowest BCUT2D eigenvalue weighted by Crippen LogP contribution is -2.39. The number of nitrogens with one attached hydrogen (secondary N) is 2. The van der Waals surface area contributed by atoms with Gasteiger partial charge in [-0.2, -0.15) is 5.10 Å². The minimum atomic E-state index is 0.517. The van der Waals surface area contributed by atoms with Crippen LogP contribution in [0.4, 0.5) is 5.69 Å². The van der Waals surface area contributed by atoms with Crippen LogP contribution in [0.25, 0.3) is 10.9 Å². The summed E-state index contributed by atoms with van der Waals surface area (Å²) in [5.41, 5.74) is 2.24. The highest BCUT2D eigenvalue weighted by Gasteiger charge is 2.18. The number of benzene rings is 1. The van der Waals surface area contributed by atoms with Crippen LogP contribution in [0.1, 0.15) is 12.8 Å². The molecule has 2 N–H and O–H groups in total. The molecule has 1 aromatic carbocycles. The summed E-state index contributed by atoms with van der Waals surface area (Å²) < 4.78 is 0. The fourth-order valence-corrected chi connectivity index (χ4v) is 2.67. The molecule has 3 rings (SSSR count). The summed E-state index contributed by atoms with van der Waals surface area (Å²) in [5.74, 6) is 2.71. The zero-order chi connectivity index (χ0) is 13.1. The van der Waals surface area contributed by atoms with Gasteiger partial charge in [0.25, 0.3) is 0 Å². The number of aromatic nitrogens is 2. The third-order valence-electron chi connectivity index (χ3n) is 3.74. The molecule has 1 fully saturated rings. The number of rotatable bonds is 3. The average Bonchev–Trinajstić information content (AvgIpc) is 2.91. The number of para-hydroxylation sites is 1. The predicted molar refractivity (Wildman–Crippen MR) is 78.0 cm³/mol. The van der Waals surface area contributed by atoms with E-state index in [2.05, 4.69) is 44.5 Å². The number of likely N-dealkylation sites (tertiary alicyclic amines) is 1. The molecule has 0 atom stereocenters. The number of hydrogen-bond donors (Lipinski definition) is 2. The second kappa shape index (κ2) is 5.33. The molecule has 2 heterocycles. The van der Waals surface area contributed by atoms with Gasteiger partial charge in [0.1, 0.15) is 0 Å². The Hall–Kier alpha value is -1.99. The molecule has 2 aromatic rings. The van der Waals surface area contributed by atoms with E-state index in [1.807, 2.05) is 6.20 Å². The Bertz CT molecular complexity index is 587. The highest BCUT2D eigenvalue weighted by molar-refractivity contribution is 5.89. The SMILES string of the molecule is C#CCN1CCC(Nc2cccc3cn[nH]c23)CC1. The highest BCUT2D eigenvalue weighted by atomic mass is 15.1. The molecule has 0 radical (unpaired) electrons. The molecule has 19 heavy (non-hydrogen) atoms. The summed E-state index contributed by atoms with van der Waals surface area (Å²) in [6.07, 6.45) is 9.47. The van der Waals surface area contributed by atoms with Gasteiger partial charge in [-0.3, -0.25) is 10.00 Å². The molecular weight excluding hydrogens is 236 g/mol. The van der Waals surface area contributed by atoms with Gasteiger partial charge < -0.3 is 5.32 Å². The van der Waals surface area contributed by atoms with Crippen LogP contribution in [0.15, 0.2) is 24.4 Å². The van der Waals surface area contributed by atoms with Gasteiger partial charge in [-0.05, 0) is 18.9 Å². The van der Waals surface area contributed by atoms with Crippen LogP contribution in [0.3, 0.4) is 0 Å². The number of piperidine rings is 1. The third kappa shape index (κ3) is 2.56. The van der Waals surface area contributed by atoms with Crippen molar-refractivity contribution in [3.05, 3.63) is 24.4 Å². The zero-order valence-electron chi connectivity index (χ0n) is 10.9. The van der Waals surface area contributed by atoms with Crippen LogP contribution < -0.4 is 5.32 Å². The van der Waals surface area contributed by atoms with Gasteiger partial charge in [0, 0.05) is 24.5 Å². The molecule has 98 valence electrons. The normalized spacial score (nSPS) is 17.4. The average molecular weight is 254 g/mol. The van der Waals surface area contributed by atoms with Crippen LogP contribution in [0, 0.1) is 12.3 Å². The number of anilines is 1. The molecule has 1 aromatic heterocycles. The second-order valence-electron chi connectivity index (χ2n) is 5.04. The molecule has 4 nitrogen and oxygen atoms in total. The van der Waals surface area contributed by atoms with Crippen molar-refractivity contribution in [1.29, 1.82) is 0 Å². The van der Waals surface area contributed by atoms with Crippen molar-refractivity contribution in [3.63, 3.8) is 0 Å². The molecule has 0 aliphatic carbocycles. The van der Waals surface area contributed by atoms with E-state index in [4.69, 9.17) is 6.42 Å². The van der Waals surface area contributed by atoms with Crippen molar-refractivity contribution in [1.82, 2.24) is 15.1 Å². The van der Waals surface area contributed by atoms with E-state index in [9.17, 15) is 0 Å². The van der Waals surface area contributed by atoms with Crippen molar-refractivity contribution >= 4 is 16.6 Å².